The molecule has 0 saturated heterocycles. The summed E-state index contributed by atoms with van der Waals surface area (Å²) in [7, 11) is 3.06. The molecular formula is C18H19NO5. The Bertz CT molecular complexity index is 712. The Labute approximate surface area is 140 Å². The molecule has 24 heavy (non-hydrogen) atoms. The van der Waals surface area contributed by atoms with Crippen LogP contribution >= 0.6 is 0 Å². The van der Waals surface area contributed by atoms with Crippen molar-refractivity contribution < 1.29 is 23.8 Å². The Hall–Kier alpha value is -3.02. The van der Waals surface area contributed by atoms with E-state index >= 15 is 0 Å². The summed E-state index contributed by atoms with van der Waals surface area (Å²) in [5.41, 5.74) is 1.04. The summed E-state index contributed by atoms with van der Waals surface area (Å²) in [5, 5.41) is 2.75. The van der Waals surface area contributed by atoms with Crippen molar-refractivity contribution in [2.24, 2.45) is 0 Å². The van der Waals surface area contributed by atoms with Crippen molar-refractivity contribution in [2.45, 2.75) is 13.0 Å². The number of hydrogen-bond acceptors (Lipinski definition) is 5. The summed E-state index contributed by atoms with van der Waals surface area (Å²) in [4.78, 5) is 23.0. The number of benzene rings is 2. The van der Waals surface area contributed by atoms with Crippen LogP contribution in [0.5, 0.6) is 17.2 Å². The molecule has 0 radical (unpaired) electrons. The summed E-state index contributed by atoms with van der Waals surface area (Å²) < 4.78 is 16.0. The summed E-state index contributed by atoms with van der Waals surface area (Å²) in [5.74, 6) is 1.29. The Morgan fingerprint density at radius 1 is 1.04 bits per heavy atom. The molecule has 6 heteroatoms. The first kappa shape index (κ1) is 17.3. The van der Waals surface area contributed by atoms with E-state index in [1.54, 1.807) is 56.5 Å². The number of hydrogen-bond donors (Lipinski definition) is 1. The quantitative estimate of drug-likeness (QED) is 0.791. The number of rotatable bonds is 7. The van der Waals surface area contributed by atoms with Crippen LogP contribution in [0.1, 0.15) is 17.3 Å². The van der Waals surface area contributed by atoms with E-state index in [2.05, 4.69) is 5.32 Å². The Morgan fingerprint density at radius 2 is 1.71 bits per heavy atom. The van der Waals surface area contributed by atoms with E-state index in [1.165, 1.54) is 7.11 Å². The molecule has 1 amide bonds. The zero-order chi connectivity index (χ0) is 17.5. The zero-order valence-electron chi connectivity index (χ0n) is 13.7. The lowest BCUT2D eigenvalue weighted by Gasteiger charge is -2.16. The van der Waals surface area contributed by atoms with Crippen LogP contribution in [0.25, 0.3) is 0 Å². The largest absolute Gasteiger partial charge is 0.497 e. The molecule has 2 rings (SSSR count). The van der Waals surface area contributed by atoms with Crippen LogP contribution in [0.3, 0.4) is 0 Å². The second-order valence-corrected chi connectivity index (χ2v) is 5.00. The maximum absolute atomic E-state index is 12.3. The smallest absolute Gasteiger partial charge is 0.265 e. The van der Waals surface area contributed by atoms with Crippen molar-refractivity contribution >= 4 is 17.9 Å². The van der Waals surface area contributed by atoms with Gasteiger partial charge in [0, 0.05) is 11.6 Å². The Morgan fingerprint density at radius 3 is 2.29 bits per heavy atom. The lowest BCUT2D eigenvalue weighted by molar-refractivity contribution is -0.122. The molecule has 0 spiro atoms. The molecule has 0 aliphatic carbocycles. The van der Waals surface area contributed by atoms with Crippen LogP contribution < -0.4 is 19.5 Å². The van der Waals surface area contributed by atoms with Gasteiger partial charge in [-0.3, -0.25) is 9.59 Å². The van der Waals surface area contributed by atoms with Gasteiger partial charge >= 0.3 is 0 Å². The normalized spacial score (nSPS) is 11.3. The molecule has 0 aliphatic heterocycles. The van der Waals surface area contributed by atoms with E-state index in [9.17, 15) is 9.59 Å². The number of carbonyl (C=O) groups is 2. The van der Waals surface area contributed by atoms with E-state index in [0.717, 1.165) is 6.29 Å². The van der Waals surface area contributed by atoms with Gasteiger partial charge in [-0.2, -0.15) is 0 Å². The summed E-state index contributed by atoms with van der Waals surface area (Å²) in [6.45, 7) is 1.63. The first-order chi connectivity index (χ1) is 11.6. The van der Waals surface area contributed by atoms with Gasteiger partial charge in [0.15, 0.2) is 6.10 Å². The summed E-state index contributed by atoms with van der Waals surface area (Å²) in [6, 6.07) is 11.6. The Balaban J connectivity index is 2.06. The molecule has 1 unspecified atom stereocenters. The minimum Gasteiger partial charge on any atom is -0.497 e. The minimum absolute atomic E-state index is 0.332. The van der Waals surface area contributed by atoms with Crippen LogP contribution in [0.2, 0.25) is 0 Å². The molecule has 6 nitrogen and oxygen atoms in total. The number of nitrogens with one attached hydrogen (secondary N) is 1. The van der Waals surface area contributed by atoms with E-state index in [0.29, 0.717) is 28.5 Å². The fraction of sp³-hybridized carbons (Fsp3) is 0.222. The molecular weight excluding hydrogens is 310 g/mol. The third-order valence-electron chi connectivity index (χ3n) is 3.36. The van der Waals surface area contributed by atoms with Crippen molar-refractivity contribution in [2.75, 3.05) is 19.5 Å². The first-order valence-electron chi connectivity index (χ1n) is 7.32. The topological polar surface area (TPSA) is 73.9 Å². The zero-order valence-corrected chi connectivity index (χ0v) is 13.7. The first-order valence-corrected chi connectivity index (χ1v) is 7.32. The highest BCUT2D eigenvalue weighted by Gasteiger charge is 2.17. The van der Waals surface area contributed by atoms with E-state index in [1.807, 2.05) is 0 Å². The van der Waals surface area contributed by atoms with Crippen LogP contribution in [0, 0.1) is 0 Å². The fourth-order valence-electron chi connectivity index (χ4n) is 2.03. The van der Waals surface area contributed by atoms with Crippen molar-refractivity contribution in [3.63, 3.8) is 0 Å². The van der Waals surface area contributed by atoms with Crippen LogP contribution in [-0.4, -0.2) is 32.5 Å². The van der Waals surface area contributed by atoms with Gasteiger partial charge < -0.3 is 19.5 Å². The van der Waals surface area contributed by atoms with Gasteiger partial charge in [0.05, 0.1) is 19.9 Å². The predicted octanol–water partition coefficient (Wildman–Crippen LogP) is 2.92. The van der Waals surface area contributed by atoms with Gasteiger partial charge in [-0.1, -0.05) is 0 Å². The van der Waals surface area contributed by atoms with Crippen LogP contribution in [0.4, 0.5) is 5.69 Å². The molecule has 0 bridgehead atoms. The predicted molar refractivity (Wildman–Crippen MR) is 90.1 cm³/mol. The van der Waals surface area contributed by atoms with Gasteiger partial charge in [0.25, 0.3) is 5.91 Å². The highest BCUT2D eigenvalue weighted by atomic mass is 16.5. The van der Waals surface area contributed by atoms with Gasteiger partial charge in [0.2, 0.25) is 0 Å². The van der Waals surface area contributed by atoms with Gasteiger partial charge in [-0.25, -0.2) is 0 Å². The lowest BCUT2D eigenvalue weighted by atomic mass is 10.2. The maximum atomic E-state index is 12.3. The average molecular weight is 329 g/mol. The lowest BCUT2D eigenvalue weighted by Crippen LogP contribution is -2.30. The third kappa shape index (κ3) is 4.25. The maximum Gasteiger partial charge on any atom is 0.265 e. The summed E-state index contributed by atoms with van der Waals surface area (Å²) >= 11 is 0. The third-order valence-corrected chi connectivity index (χ3v) is 3.36. The molecule has 0 aromatic heterocycles. The number of ether oxygens (including phenoxy) is 3. The standard InChI is InChI=1S/C18H19NO5/c1-12(24-14-6-4-13(11-20)5-7-14)18(21)19-16-10-15(22-2)8-9-17(16)23-3/h4-12H,1-3H3,(H,19,21). The fourth-order valence-corrected chi connectivity index (χ4v) is 2.03. The van der Waals surface area contributed by atoms with Crippen molar-refractivity contribution in [1.29, 1.82) is 0 Å². The molecule has 2 aromatic rings. The van der Waals surface area contributed by atoms with Crippen molar-refractivity contribution in [1.82, 2.24) is 0 Å². The molecule has 2 aromatic carbocycles. The number of anilines is 1. The van der Waals surface area contributed by atoms with Crippen LogP contribution in [0.15, 0.2) is 42.5 Å². The number of carbonyl (C=O) groups excluding carboxylic acids is 2. The van der Waals surface area contributed by atoms with Gasteiger partial charge in [-0.15, -0.1) is 0 Å². The van der Waals surface area contributed by atoms with Crippen molar-refractivity contribution in [3.8, 4) is 17.2 Å². The molecule has 0 aliphatic rings. The minimum atomic E-state index is -0.733. The van der Waals surface area contributed by atoms with Crippen molar-refractivity contribution in [3.05, 3.63) is 48.0 Å². The van der Waals surface area contributed by atoms with Gasteiger partial charge in [0.1, 0.15) is 23.5 Å². The SMILES string of the molecule is COc1ccc(OC)c(NC(=O)C(C)Oc2ccc(C=O)cc2)c1. The highest BCUT2D eigenvalue weighted by molar-refractivity contribution is 5.95. The van der Waals surface area contributed by atoms with E-state index in [4.69, 9.17) is 14.2 Å². The van der Waals surface area contributed by atoms with Crippen LogP contribution in [-0.2, 0) is 4.79 Å². The molecule has 0 fully saturated rings. The molecule has 1 atom stereocenters. The second kappa shape index (κ2) is 8.01. The second-order valence-electron chi connectivity index (χ2n) is 5.00. The Kier molecular flexibility index (Phi) is 5.78. The monoisotopic (exact) mass is 329 g/mol. The highest BCUT2D eigenvalue weighted by Crippen LogP contribution is 2.29. The summed E-state index contributed by atoms with van der Waals surface area (Å²) in [6.07, 6.45) is 0.0117. The molecule has 126 valence electrons. The van der Waals surface area contributed by atoms with E-state index < -0.39 is 6.10 Å². The number of amides is 1. The number of aldehydes is 1. The van der Waals surface area contributed by atoms with E-state index in [-0.39, 0.29) is 5.91 Å². The molecule has 0 saturated carbocycles. The number of methoxy groups -OCH3 is 2. The molecule has 0 heterocycles. The molecule has 1 N–H and O–H groups in total. The van der Waals surface area contributed by atoms with Gasteiger partial charge in [-0.05, 0) is 43.3 Å². The average Bonchev–Trinajstić information content (AvgIpc) is 2.62.